The van der Waals surface area contributed by atoms with Crippen LogP contribution in [0.2, 0.25) is 0 Å². The van der Waals surface area contributed by atoms with Gasteiger partial charge in [-0.1, -0.05) is 6.07 Å². The first-order chi connectivity index (χ1) is 8.00. The SMILES string of the molecule is NCCCC1Cc2ccc(C(F)(F)F)cc2N1. The first-order valence-electron chi connectivity index (χ1n) is 5.67. The number of halogens is 3. The molecule has 1 aliphatic heterocycles. The molecule has 1 atom stereocenters. The Morgan fingerprint density at radius 1 is 1.35 bits per heavy atom. The lowest BCUT2D eigenvalue weighted by molar-refractivity contribution is -0.137. The van der Waals surface area contributed by atoms with E-state index in [0.29, 0.717) is 12.2 Å². The van der Waals surface area contributed by atoms with Gasteiger partial charge in [0.1, 0.15) is 0 Å². The van der Waals surface area contributed by atoms with Crippen LogP contribution in [0.4, 0.5) is 18.9 Å². The summed E-state index contributed by atoms with van der Waals surface area (Å²) >= 11 is 0. The molecule has 3 N–H and O–H groups in total. The molecule has 1 heterocycles. The van der Waals surface area contributed by atoms with Crippen LogP contribution in [0.3, 0.4) is 0 Å². The molecule has 0 amide bonds. The molecule has 2 nitrogen and oxygen atoms in total. The predicted octanol–water partition coefficient (Wildman–Crippen LogP) is 2.78. The van der Waals surface area contributed by atoms with Crippen molar-refractivity contribution in [3.8, 4) is 0 Å². The quantitative estimate of drug-likeness (QED) is 0.858. The lowest BCUT2D eigenvalue weighted by Crippen LogP contribution is -2.16. The number of nitrogens with one attached hydrogen (secondary N) is 1. The summed E-state index contributed by atoms with van der Waals surface area (Å²) in [7, 11) is 0. The fourth-order valence-corrected chi connectivity index (χ4v) is 2.14. The summed E-state index contributed by atoms with van der Waals surface area (Å²) in [5.74, 6) is 0. The molecule has 2 rings (SSSR count). The van der Waals surface area contributed by atoms with Crippen molar-refractivity contribution in [2.24, 2.45) is 5.73 Å². The van der Waals surface area contributed by atoms with E-state index in [1.165, 1.54) is 6.07 Å². The average Bonchev–Trinajstić information content (AvgIpc) is 2.66. The Kier molecular flexibility index (Phi) is 3.28. The van der Waals surface area contributed by atoms with Gasteiger partial charge in [0.25, 0.3) is 0 Å². The molecule has 0 aromatic heterocycles. The predicted molar refractivity (Wildman–Crippen MR) is 60.8 cm³/mol. The number of rotatable bonds is 3. The van der Waals surface area contributed by atoms with Gasteiger partial charge in [-0.3, -0.25) is 0 Å². The summed E-state index contributed by atoms with van der Waals surface area (Å²) < 4.78 is 37.5. The minimum atomic E-state index is -4.27. The van der Waals surface area contributed by atoms with Crippen LogP contribution in [0, 0.1) is 0 Å². The normalized spacial score (nSPS) is 18.9. The number of benzene rings is 1. The van der Waals surface area contributed by atoms with Crippen molar-refractivity contribution in [3.05, 3.63) is 29.3 Å². The molecular formula is C12H15F3N2. The maximum atomic E-state index is 12.5. The summed E-state index contributed by atoms with van der Waals surface area (Å²) in [5, 5.41) is 3.13. The molecule has 0 aliphatic carbocycles. The molecule has 1 aromatic carbocycles. The third-order valence-corrected chi connectivity index (χ3v) is 3.02. The summed E-state index contributed by atoms with van der Waals surface area (Å²) in [6, 6.07) is 4.12. The smallest absolute Gasteiger partial charge is 0.382 e. The molecule has 0 radical (unpaired) electrons. The van der Waals surface area contributed by atoms with Crippen LogP contribution >= 0.6 is 0 Å². The van der Waals surface area contributed by atoms with Crippen molar-refractivity contribution in [1.82, 2.24) is 0 Å². The highest BCUT2D eigenvalue weighted by atomic mass is 19.4. The fraction of sp³-hybridized carbons (Fsp3) is 0.500. The Labute approximate surface area is 98.0 Å². The number of fused-ring (bicyclic) bond motifs is 1. The van der Waals surface area contributed by atoms with E-state index in [1.807, 2.05) is 0 Å². The van der Waals surface area contributed by atoms with Crippen LogP contribution < -0.4 is 11.1 Å². The topological polar surface area (TPSA) is 38.0 Å². The second-order valence-corrected chi connectivity index (χ2v) is 4.35. The van der Waals surface area contributed by atoms with Gasteiger partial charge in [-0.05, 0) is 43.5 Å². The van der Waals surface area contributed by atoms with Crippen LogP contribution in [-0.2, 0) is 12.6 Å². The molecular weight excluding hydrogens is 229 g/mol. The van der Waals surface area contributed by atoms with Crippen LogP contribution in [0.5, 0.6) is 0 Å². The lowest BCUT2D eigenvalue weighted by Gasteiger charge is -2.10. The van der Waals surface area contributed by atoms with E-state index in [-0.39, 0.29) is 6.04 Å². The lowest BCUT2D eigenvalue weighted by atomic mass is 10.0. The monoisotopic (exact) mass is 244 g/mol. The van der Waals surface area contributed by atoms with Gasteiger partial charge < -0.3 is 11.1 Å². The molecule has 1 unspecified atom stereocenters. The van der Waals surface area contributed by atoms with E-state index in [2.05, 4.69) is 5.32 Å². The van der Waals surface area contributed by atoms with Crippen LogP contribution in [0.15, 0.2) is 18.2 Å². The number of hydrogen-bond donors (Lipinski definition) is 2. The highest BCUT2D eigenvalue weighted by molar-refractivity contribution is 5.58. The Morgan fingerprint density at radius 2 is 2.12 bits per heavy atom. The minimum absolute atomic E-state index is 0.219. The average molecular weight is 244 g/mol. The second-order valence-electron chi connectivity index (χ2n) is 4.35. The van der Waals surface area contributed by atoms with E-state index in [0.717, 1.165) is 30.9 Å². The van der Waals surface area contributed by atoms with Gasteiger partial charge in [-0.15, -0.1) is 0 Å². The zero-order chi connectivity index (χ0) is 12.5. The Hall–Kier alpha value is -1.23. The molecule has 0 saturated heterocycles. The van der Waals surface area contributed by atoms with Gasteiger partial charge >= 0.3 is 6.18 Å². The highest BCUT2D eigenvalue weighted by Crippen LogP contribution is 2.35. The summed E-state index contributed by atoms with van der Waals surface area (Å²) in [6.07, 6.45) is -1.70. The molecule has 0 saturated carbocycles. The molecule has 0 fully saturated rings. The molecule has 1 aliphatic rings. The maximum Gasteiger partial charge on any atom is 0.416 e. The largest absolute Gasteiger partial charge is 0.416 e. The van der Waals surface area contributed by atoms with Crippen LogP contribution in [0.25, 0.3) is 0 Å². The van der Waals surface area contributed by atoms with E-state index >= 15 is 0 Å². The fourth-order valence-electron chi connectivity index (χ4n) is 2.14. The van der Waals surface area contributed by atoms with Crippen molar-refractivity contribution >= 4 is 5.69 Å². The molecule has 0 spiro atoms. The van der Waals surface area contributed by atoms with E-state index < -0.39 is 11.7 Å². The van der Waals surface area contributed by atoms with E-state index in [4.69, 9.17) is 5.73 Å². The summed E-state index contributed by atoms with van der Waals surface area (Å²) in [4.78, 5) is 0. The third-order valence-electron chi connectivity index (χ3n) is 3.02. The second kappa shape index (κ2) is 4.56. The molecule has 1 aromatic rings. The number of alkyl halides is 3. The van der Waals surface area contributed by atoms with Crippen LogP contribution in [0.1, 0.15) is 24.0 Å². The Morgan fingerprint density at radius 3 is 2.76 bits per heavy atom. The van der Waals surface area contributed by atoms with Gasteiger partial charge in [0.05, 0.1) is 5.56 Å². The van der Waals surface area contributed by atoms with Crippen molar-refractivity contribution in [3.63, 3.8) is 0 Å². The highest BCUT2D eigenvalue weighted by Gasteiger charge is 2.32. The van der Waals surface area contributed by atoms with Crippen molar-refractivity contribution < 1.29 is 13.2 Å². The zero-order valence-corrected chi connectivity index (χ0v) is 9.35. The van der Waals surface area contributed by atoms with Gasteiger partial charge in [0, 0.05) is 11.7 Å². The first kappa shape index (κ1) is 12.2. The molecule has 0 bridgehead atoms. The van der Waals surface area contributed by atoms with Crippen molar-refractivity contribution in [1.29, 1.82) is 0 Å². The van der Waals surface area contributed by atoms with Gasteiger partial charge in [0.2, 0.25) is 0 Å². The third kappa shape index (κ3) is 2.72. The molecule has 94 valence electrons. The van der Waals surface area contributed by atoms with Crippen molar-refractivity contribution in [2.45, 2.75) is 31.5 Å². The summed E-state index contributed by atoms with van der Waals surface area (Å²) in [6.45, 7) is 0.613. The van der Waals surface area contributed by atoms with Crippen LogP contribution in [-0.4, -0.2) is 12.6 Å². The number of anilines is 1. The summed E-state index contributed by atoms with van der Waals surface area (Å²) in [5.41, 5.74) is 6.39. The number of hydrogen-bond acceptors (Lipinski definition) is 2. The van der Waals surface area contributed by atoms with E-state index in [9.17, 15) is 13.2 Å². The maximum absolute atomic E-state index is 12.5. The zero-order valence-electron chi connectivity index (χ0n) is 9.35. The number of nitrogens with two attached hydrogens (primary N) is 1. The Bertz CT molecular complexity index is 401. The van der Waals surface area contributed by atoms with E-state index in [1.54, 1.807) is 6.07 Å². The Balaban J connectivity index is 2.11. The van der Waals surface area contributed by atoms with Gasteiger partial charge in [-0.2, -0.15) is 13.2 Å². The van der Waals surface area contributed by atoms with Gasteiger partial charge in [0.15, 0.2) is 0 Å². The van der Waals surface area contributed by atoms with Crippen molar-refractivity contribution in [2.75, 3.05) is 11.9 Å². The molecule has 5 heteroatoms. The first-order valence-corrected chi connectivity index (χ1v) is 5.67. The molecule has 17 heavy (non-hydrogen) atoms. The minimum Gasteiger partial charge on any atom is -0.382 e. The van der Waals surface area contributed by atoms with Gasteiger partial charge in [-0.25, -0.2) is 0 Å². The standard InChI is InChI=1S/C12H15F3N2/c13-12(14,15)9-4-3-8-6-10(2-1-5-16)17-11(8)7-9/h3-4,7,10,17H,1-2,5-6,16H2.